The van der Waals surface area contributed by atoms with Gasteiger partial charge in [-0.2, -0.15) is 8.42 Å². The van der Waals surface area contributed by atoms with Gasteiger partial charge in [-0.05, 0) is 38.2 Å². The minimum atomic E-state index is -3.66. The molecular formula is C14H18N2O3S. The summed E-state index contributed by atoms with van der Waals surface area (Å²) >= 11 is 0. The zero-order chi connectivity index (χ0) is 14.8. The van der Waals surface area contributed by atoms with Crippen molar-refractivity contribution in [3.63, 3.8) is 0 Å². The predicted molar refractivity (Wildman–Crippen MR) is 78.2 cm³/mol. The van der Waals surface area contributed by atoms with E-state index in [0.29, 0.717) is 18.0 Å². The predicted octanol–water partition coefficient (Wildman–Crippen LogP) is 2.13. The number of aryl methyl sites for hydroxylation is 1. The first-order valence-electron chi connectivity index (χ1n) is 6.24. The number of nitrogens with zero attached hydrogens (tertiary/aromatic N) is 1. The Labute approximate surface area is 119 Å². The van der Waals surface area contributed by atoms with Crippen molar-refractivity contribution in [2.45, 2.75) is 18.6 Å². The Balaban J connectivity index is 2.30. The molecule has 0 aliphatic heterocycles. The number of sulfonamides is 1. The van der Waals surface area contributed by atoms with Crippen LogP contribution in [0.4, 0.5) is 5.69 Å². The molecule has 2 rings (SSSR count). The highest BCUT2D eigenvalue weighted by atomic mass is 32.2. The lowest BCUT2D eigenvalue weighted by molar-refractivity contribution is 0.407. The second kappa shape index (κ2) is 5.68. The smallest absolute Gasteiger partial charge is 0.297 e. The zero-order valence-electron chi connectivity index (χ0n) is 11.8. The van der Waals surface area contributed by atoms with Gasteiger partial charge in [0.1, 0.15) is 5.76 Å². The lowest BCUT2D eigenvalue weighted by atomic mass is 10.2. The number of furan rings is 1. The fourth-order valence-corrected chi connectivity index (χ4v) is 2.92. The largest absolute Gasteiger partial charge is 0.446 e. The van der Waals surface area contributed by atoms with Crippen molar-refractivity contribution in [1.29, 1.82) is 0 Å². The molecule has 108 valence electrons. The maximum Gasteiger partial charge on any atom is 0.297 e. The van der Waals surface area contributed by atoms with E-state index < -0.39 is 10.0 Å². The molecule has 0 radical (unpaired) electrons. The fraction of sp³-hybridized carbons (Fsp3) is 0.286. The maximum atomic E-state index is 12.4. The van der Waals surface area contributed by atoms with Gasteiger partial charge in [-0.1, -0.05) is 17.7 Å². The Morgan fingerprint density at radius 2 is 1.80 bits per heavy atom. The van der Waals surface area contributed by atoms with Gasteiger partial charge in [0.05, 0.1) is 12.2 Å². The third-order valence-corrected chi connectivity index (χ3v) is 4.66. The highest BCUT2D eigenvalue weighted by Crippen LogP contribution is 2.23. The average Bonchev–Trinajstić information content (AvgIpc) is 2.88. The van der Waals surface area contributed by atoms with Crippen molar-refractivity contribution in [3.05, 3.63) is 47.7 Å². The van der Waals surface area contributed by atoms with Crippen molar-refractivity contribution in [1.82, 2.24) is 5.32 Å². The molecule has 0 amide bonds. The molecule has 1 aromatic carbocycles. The molecule has 1 N–H and O–H groups in total. The molecule has 20 heavy (non-hydrogen) atoms. The van der Waals surface area contributed by atoms with E-state index in [4.69, 9.17) is 4.42 Å². The fourth-order valence-electron chi connectivity index (χ4n) is 1.79. The first-order valence-corrected chi connectivity index (χ1v) is 7.68. The molecule has 0 unspecified atom stereocenters. The maximum absolute atomic E-state index is 12.4. The van der Waals surface area contributed by atoms with Gasteiger partial charge in [0, 0.05) is 7.05 Å². The van der Waals surface area contributed by atoms with E-state index in [1.54, 1.807) is 25.2 Å². The highest BCUT2D eigenvalue weighted by Gasteiger charge is 2.24. The standard InChI is InChI=1S/C14H18N2O3S/c1-11-4-6-12(7-5-11)16(3)20(17,18)14-9-8-13(19-14)10-15-2/h4-9,15H,10H2,1-3H3. The van der Waals surface area contributed by atoms with Crippen LogP contribution in [0.1, 0.15) is 11.3 Å². The summed E-state index contributed by atoms with van der Waals surface area (Å²) in [6.07, 6.45) is 0. The number of benzene rings is 1. The average molecular weight is 294 g/mol. The summed E-state index contributed by atoms with van der Waals surface area (Å²) in [6, 6.07) is 10.4. The van der Waals surface area contributed by atoms with Crippen LogP contribution in [0.3, 0.4) is 0 Å². The van der Waals surface area contributed by atoms with Crippen LogP contribution in [0.5, 0.6) is 0 Å². The number of hydrogen-bond donors (Lipinski definition) is 1. The number of nitrogens with one attached hydrogen (secondary N) is 1. The lowest BCUT2D eigenvalue weighted by Gasteiger charge is -2.17. The van der Waals surface area contributed by atoms with Crippen LogP contribution >= 0.6 is 0 Å². The van der Waals surface area contributed by atoms with E-state index in [9.17, 15) is 8.42 Å². The lowest BCUT2D eigenvalue weighted by Crippen LogP contribution is -2.26. The quantitative estimate of drug-likeness (QED) is 0.917. The van der Waals surface area contributed by atoms with Crippen LogP contribution in [0.2, 0.25) is 0 Å². The molecule has 0 saturated heterocycles. The van der Waals surface area contributed by atoms with Crippen molar-refractivity contribution >= 4 is 15.7 Å². The van der Waals surface area contributed by atoms with Crippen molar-refractivity contribution in [2.75, 3.05) is 18.4 Å². The number of hydrogen-bond acceptors (Lipinski definition) is 4. The summed E-state index contributed by atoms with van der Waals surface area (Å²) in [4.78, 5) is 0. The van der Waals surface area contributed by atoms with E-state index >= 15 is 0 Å². The van der Waals surface area contributed by atoms with Crippen LogP contribution in [0.25, 0.3) is 0 Å². The summed E-state index contributed by atoms with van der Waals surface area (Å²) in [7, 11) is -0.376. The number of rotatable bonds is 5. The molecule has 1 heterocycles. The van der Waals surface area contributed by atoms with Gasteiger partial charge in [0.2, 0.25) is 5.09 Å². The summed E-state index contributed by atoms with van der Waals surface area (Å²) in [5, 5.41) is 2.86. The Hall–Kier alpha value is -1.79. The second-order valence-electron chi connectivity index (χ2n) is 4.56. The molecule has 1 aromatic heterocycles. The minimum absolute atomic E-state index is 0.0502. The first-order chi connectivity index (χ1) is 9.45. The van der Waals surface area contributed by atoms with Crippen LogP contribution in [0.15, 0.2) is 45.9 Å². The van der Waals surface area contributed by atoms with Crippen LogP contribution in [0, 0.1) is 6.92 Å². The minimum Gasteiger partial charge on any atom is -0.446 e. The van der Waals surface area contributed by atoms with Gasteiger partial charge < -0.3 is 9.73 Å². The van der Waals surface area contributed by atoms with Crippen molar-refractivity contribution in [3.8, 4) is 0 Å². The second-order valence-corrected chi connectivity index (χ2v) is 6.46. The van der Waals surface area contributed by atoms with Gasteiger partial charge >= 0.3 is 0 Å². The van der Waals surface area contributed by atoms with E-state index in [1.807, 2.05) is 19.1 Å². The third-order valence-electron chi connectivity index (χ3n) is 3.00. The Bertz CT molecular complexity index is 675. The summed E-state index contributed by atoms with van der Waals surface area (Å²) < 4.78 is 31.5. The molecule has 2 aromatic rings. The van der Waals surface area contributed by atoms with E-state index in [0.717, 1.165) is 5.56 Å². The molecule has 0 saturated carbocycles. The third kappa shape index (κ3) is 2.86. The Morgan fingerprint density at radius 3 is 2.40 bits per heavy atom. The zero-order valence-corrected chi connectivity index (χ0v) is 12.6. The van der Waals surface area contributed by atoms with Gasteiger partial charge in [0.15, 0.2) is 0 Å². The number of anilines is 1. The van der Waals surface area contributed by atoms with Crippen molar-refractivity contribution < 1.29 is 12.8 Å². The first kappa shape index (κ1) is 14.6. The topological polar surface area (TPSA) is 62.6 Å². The summed E-state index contributed by atoms with van der Waals surface area (Å²) in [5.74, 6) is 0.586. The Kier molecular flexibility index (Phi) is 4.15. The molecule has 0 atom stereocenters. The van der Waals surface area contributed by atoms with E-state index in [-0.39, 0.29) is 5.09 Å². The van der Waals surface area contributed by atoms with Gasteiger partial charge in [0.25, 0.3) is 10.0 Å². The monoisotopic (exact) mass is 294 g/mol. The molecular weight excluding hydrogens is 276 g/mol. The molecule has 0 aliphatic carbocycles. The van der Waals surface area contributed by atoms with E-state index in [2.05, 4.69) is 5.32 Å². The van der Waals surface area contributed by atoms with Crippen LogP contribution < -0.4 is 9.62 Å². The van der Waals surface area contributed by atoms with Crippen LogP contribution in [-0.4, -0.2) is 22.5 Å². The Morgan fingerprint density at radius 1 is 1.15 bits per heavy atom. The molecule has 0 spiro atoms. The van der Waals surface area contributed by atoms with Gasteiger partial charge in [-0.15, -0.1) is 0 Å². The van der Waals surface area contributed by atoms with Gasteiger partial charge in [-0.25, -0.2) is 0 Å². The molecule has 0 fully saturated rings. The van der Waals surface area contributed by atoms with Crippen LogP contribution in [-0.2, 0) is 16.6 Å². The normalized spacial score (nSPS) is 11.6. The van der Waals surface area contributed by atoms with Crippen molar-refractivity contribution in [2.24, 2.45) is 0 Å². The van der Waals surface area contributed by atoms with E-state index in [1.165, 1.54) is 17.4 Å². The summed E-state index contributed by atoms with van der Waals surface area (Å²) in [5.41, 5.74) is 1.68. The molecule has 0 aliphatic rings. The summed E-state index contributed by atoms with van der Waals surface area (Å²) in [6.45, 7) is 2.44. The highest BCUT2D eigenvalue weighted by molar-refractivity contribution is 7.92. The molecule has 5 nitrogen and oxygen atoms in total. The SMILES string of the molecule is CNCc1ccc(S(=O)(=O)N(C)c2ccc(C)cc2)o1. The molecule has 0 bridgehead atoms. The van der Waals surface area contributed by atoms with Gasteiger partial charge in [-0.3, -0.25) is 4.31 Å². The molecule has 6 heteroatoms.